The van der Waals surface area contributed by atoms with E-state index in [0.717, 1.165) is 15.1 Å². The number of benzene rings is 2. The molecule has 0 saturated heterocycles. The van der Waals surface area contributed by atoms with Crippen LogP contribution in [0.1, 0.15) is 5.56 Å². The highest BCUT2D eigenvalue weighted by Gasteiger charge is 2.14. The van der Waals surface area contributed by atoms with E-state index < -0.39 is 4.92 Å². The average molecular weight is 332 g/mol. The van der Waals surface area contributed by atoms with Crippen molar-refractivity contribution in [3.8, 4) is 10.4 Å². The highest BCUT2D eigenvalue weighted by Crippen LogP contribution is 2.33. The molecule has 2 aromatic carbocycles. The fourth-order valence-corrected chi connectivity index (χ4v) is 3.78. The van der Waals surface area contributed by atoms with Gasteiger partial charge in [0.15, 0.2) is 5.43 Å². The molecule has 0 N–H and O–H groups in total. The number of rotatable bonds is 3. The predicted molar refractivity (Wildman–Crippen MR) is 89.7 cm³/mol. The van der Waals surface area contributed by atoms with Gasteiger partial charge in [-0.25, -0.2) is 0 Å². The maximum atomic E-state index is 12.5. The molecule has 0 bridgehead atoms. The second-order valence-corrected chi connectivity index (χ2v) is 5.99. The first-order valence-electron chi connectivity index (χ1n) is 6.47. The molecule has 0 fully saturated rings. The van der Waals surface area contributed by atoms with E-state index in [-0.39, 0.29) is 17.0 Å². The fourth-order valence-electron chi connectivity index (χ4n) is 2.27. The number of fused-ring (bicyclic) bond motifs is 1. The number of nitrogens with zero attached hydrogens (tertiary/aromatic N) is 1. The topological polar surface area (TPSA) is 60.2 Å². The number of halogens is 1. The van der Waals surface area contributed by atoms with E-state index in [1.165, 1.54) is 23.5 Å². The molecule has 0 aliphatic heterocycles. The van der Waals surface area contributed by atoms with Crippen LogP contribution >= 0.6 is 22.9 Å². The van der Waals surface area contributed by atoms with E-state index in [0.29, 0.717) is 10.9 Å². The lowest BCUT2D eigenvalue weighted by Crippen LogP contribution is -2.08. The lowest BCUT2D eigenvalue weighted by molar-refractivity contribution is -0.384. The summed E-state index contributed by atoms with van der Waals surface area (Å²) in [5, 5.41) is 11.4. The molecule has 0 aliphatic carbocycles. The van der Waals surface area contributed by atoms with Crippen molar-refractivity contribution < 1.29 is 4.92 Å². The minimum atomic E-state index is -0.449. The van der Waals surface area contributed by atoms with Crippen LogP contribution in [0.4, 0.5) is 5.69 Å². The molecule has 3 aromatic rings. The predicted octanol–water partition coefficient (Wildman–Crippen LogP) is 4.58. The van der Waals surface area contributed by atoms with Crippen molar-refractivity contribution in [2.45, 2.75) is 5.88 Å². The molecule has 0 atom stereocenters. The maximum Gasteiger partial charge on any atom is 0.269 e. The number of non-ortho nitro benzene ring substituents is 1. The monoisotopic (exact) mass is 331 g/mol. The summed E-state index contributed by atoms with van der Waals surface area (Å²) >= 11 is 7.43. The Kier molecular flexibility index (Phi) is 3.92. The molecule has 22 heavy (non-hydrogen) atoms. The summed E-state index contributed by atoms with van der Waals surface area (Å²) in [6, 6.07) is 13.5. The third kappa shape index (κ3) is 2.49. The van der Waals surface area contributed by atoms with Crippen LogP contribution in [0.15, 0.2) is 53.3 Å². The Morgan fingerprint density at radius 2 is 1.77 bits per heavy atom. The van der Waals surface area contributed by atoms with Crippen molar-refractivity contribution in [1.82, 2.24) is 0 Å². The van der Waals surface area contributed by atoms with Crippen molar-refractivity contribution in [2.24, 2.45) is 0 Å². The van der Waals surface area contributed by atoms with Crippen molar-refractivity contribution in [2.75, 3.05) is 0 Å². The molecule has 4 nitrogen and oxygen atoms in total. The van der Waals surface area contributed by atoms with Crippen molar-refractivity contribution in [1.29, 1.82) is 0 Å². The van der Waals surface area contributed by atoms with E-state index in [1.807, 2.05) is 18.2 Å². The molecule has 0 radical (unpaired) electrons. The smallest absolute Gasteiger partial charge is 0.269 e. The molecule has 0 saturated carbocycles. The summed E-state index contributed by atoms with van der Waals surface area (Å²) in [5.41, 5.74) is 1.22. The zero-order valence-electron chi connectivity index (χ0n) is 11.3. The third-order valence-electron chi connectivity index (χ3n) is 3.37. The molecule has 1 heterocycles. The van der Waals surface area contributed by atoms with Gasteiger partial charge in [-0.15, -0.1) is 22.9 Å². The van der Waals surface area contributed by atoms with Gasteiger partial charge in [0, 0.05) is 32.7 Å². The van der Waals surface area contributed by atoms with Gasteiger partial charge in [0.05, 0.1) is 10.8 Å². The molecule has 1 aromatic heterocycles. The van der Waals surface area contributed by atoms with E-state index in [1.54, 1.807) is 18.2 Å². The lowest BCUT2D eigenvalue weighted by atomic mass is 10.1. The van der Waals surface area contributed by atoms with E-state index >= 15 is 0 Å². The van der Waals surface area contributed by atoms with Crippen molar-refractivity contribution >= 4 is 38.7 Å². The summed E-state index contributed by atoms with van der Waals surface area (Å²) in [6.07, 6.45) is 0. The van der Waals surface area contributed by atoms with Crippen LogP contribution in [-0.4, -0.2) is 4.92 Å². The molecule has 0 spiro atoms. The number of nitro groups is 1. The molecule has 3 rings (SSSR count). The molecule has 6 heteroatoms. The molecule has 0 amide bonds. The Hall–Kier alpha value is -2.24. The first-order chi connectivity index (χ1) is 10.6. The molecular weight excluding hydrogens is 322 g/mol. The van der Waals surface area contributed by atoms with Gasteiger partial charge in [-0.05, 0) is 29.8 Å². The molecule has 0 aliphatic rings. The molecule has 110 valence electrons. The Labute approximate surface area is 134 Å². The Morgan fingerprint density at radius 1 is 1.09 bits per heavy atom. The second kappa shape index (κ2) is 5.87. The van der Waals surface area contributed by atoms with Gasteiger partial charge in [-0.1, -0.05) is 12.1 Å². The summed E-state index contributed by atoms with van der Waals surface area (Å²) in [6.45, 7) is 0. The first kappa shape index (κ1) is 14.7. The van der Waals surface area contributed by atoms with Crippen molar-refractivity contribution in [3.63, 3.8) is 0 Å². The summed E-state index contributed by atoms with van der Waals surface area (Å²) in [7, 11) is 0. The van der Waals surface area contributed by atoms with Crippen LogP contribution < -0.4 is 5.43 Å². The van der Waals surface area contributed by atoms with Crippen LogP contribution in [-0.2, 0) is 5.88 Å². The van der Waals surface area contributed by atoms with Crippen LogP contribution in [0.3, 0.4) is 0 Å². The first-order valence-corrected chi connectivity index (χ1v) is 7.82. The number of hydrogen-bond acceptors (Lipinski definition) is 4. The van der Waals surface area contributed by atoms with Gasteiger partial charge in [0.25, 0.3) is 5.69 Å². The number of hydrogen-bond donors (Lipinski definition) is 0. The second-order valence-electron chi connectivity index (χ2n) is 4.67. The highest BCUT2D eigenvalue weighted by molar-refractivity contribution is 7.21. The van der Waals surface area contributed by atoms with Gasteiger partial charge in [0.1, 0.15) is 0 Å². The van der Waals surface area contributed by atoms with Crippen LogP contribution in [0.25, 0.3) is 20.5 Å². The zero-order valence-corrected chi connectivity index (χ0v) is 12.9. The van der Waals surface area contributed by atoms with Gasteiger partial charge >= 0.3 is 0 Å². The maximum absolute atomic E-state index is 12.5. The van der Waals surface area contributed by atoms with Gasteiger partial charge < -0.3 is 0 Å². The van der Waals surface area contributed by atoms with Crippen LogP contribution in [0, 0.1) is 10.1 Å². The average Bonchev–Trinajstić information content (AvgIpc) is 2.55. The summed E-state index contributed by atoms with van der Waals surface area (Å²) in [5.74, 6) is 0.104. The third-order valence-corrected chi connectivity index (χ3v) is 4.90. The zero-order chi connectivity index (χ0) is 15.7. The highest BCUT2D eigenvalue weighted by atomic mass is 35.5. The van der Waals surface area contributed by atoms with Crippen molar-refractivity contribution in [3.05, 3.63) is 74.4 Å². The van der Waals surface area contributed by atoms with Gasteiger partial charge in [0.2, 0.25) is 0 Å². The number of nitro benzene ring substituents is 1. The Balaban J connectivity index is 2.25. The SMILES string of the molecule is O=c1c(CCl)c(-c2ccc([N+](=O)[O-])cc2)sc2ccccc12. The lowest BCUT2D eigenvalue weighted by Gasteiger charge is -2.08. The normalized spacial score (nSPS) is 10.8. The summed E-state index contributed by atoms with van der Waals surface area (Å²) < 4.78 is 0.870. The standard InChI is InChI=1S/C16H10ClNO3S/c17-9-13-15(19)12-3-1-2-4-14(12)22-16(13)10-5-7-11(8-6-10)18(20)21/h1-8H,9H2. The van der Waals surface area contributed by atoms with Gasteiger partial charge in [-0.2, -0.15) is 0 Å². The fraction of sp³-hybridized carbons (Fsp3) is 0.0625. The minimum Gasteiger partial charge on any atom is -0.289 e. The Morgan fingerprint density at radius 3 is 2.41 bits per heavy atom. The number of alkyl halides is 1. The van der Waals surface area contributed by atoms with Gasteiger partial charge in [-0.3, -0.25) is 14.9 Å². The minimum absolute atomic E-state index is 0.0179. The molecular formula is C16H10ClNO3S. The van der Waals surface area contributed by atoms with Crippen LogP contribution in [0.2, 0.25) is 0 Å². The molecule has 0 unspecified atom stereocenters. The van der Waals surface area contributed by atoms with E-state index in [4.69, 9.17) is 11.6 Å². The van der Waals surface area contributed by atoms with Crippen LogP contribution in [0.5, 0.6) is 0 Å². The summed E-state index contributed by atoms with van der Waals surface area (Å²) in [4.78, 5) is 23.6. The quantitative estimate of drug-likeness (QED) is 0.401. The van der Waals surface area contributed by atoms with E-state index in [2.05, 4.69) is 0 Å². The van der Waals surface area contributed by atoms with E-state index in [9.17, 15) is 14.9 Å². The largest absolute Gasteiger partial charge is 0.289 e. The Bertz CT molecular complexity index is 919.